The molecule has 72 valence electrons. The fourth-order valence-corrected chi connectivity index (χ4v) is 1.06. The Morgan fingerprint density at radius 1 is 1.31 bits per heavy atom. The average Bonchev–Trinajstić information content (AvgIpc) is 2.18. The molecular weight excluding hydrogens is 168 g/mol. The topological polar surface area (TPSA) is 92.5 Å². The Labute approximate surface area is 76.8 Å². The molecule has 0 aliphatic rings. The molecule has 0 aliphatic heterocycles. The molecule has 0 spiro atoms. The molecule has 6 N–H and O–H groups in total. The van der Waals surface area contributed by atoms with Crippen molar-refractivity contribution in [1.29, 1.82) is 0 Å². The van der Waals surface area contributed by atoms with Crippen LogP contribution in [0, 0.1) is 0 Å². The lowest BCUT2D eigenvalue weighted by atomic mass is 9.97. The smallest absolute Gasteiger partial charge is 0.157 e. The molecule has 1 rings (SSSR count). The Kier molecular flexibility index (Phi) is 3.00. The Balaban J connectivity index is 2.93. The van der Waals surface area contributed by atoms with Gasteiger partial charge in [0.15, 0.2) is 5.72 Å². The first-order chi connectivity index (χ1) is 6.09. The lowest BCUT2D eigenvalue weighted by Gasteiger charge is -2.28. The molecule has 1 aromatic rings. The molecule has 0 radical (unpaired) electrons. The van der Waals surface area contributed by atoms with Gasteiger partial charge in [-0.2, -0.15) is 0 Å². The van der Waals surface area contributed by atoms with Gasteiger partial charge in [-0.25, -0.2) is 0 Å². The molecule has 0 amide bonds. The van der Waals surface area contributed by atoms with Crippen LogP contribution in [-0.4, -0.2) is 22.9 Å². The summed E-state index contributed by atoms with van der Waals surface area (Å²) in [5, 5.41) is 18.5. The van der Waals surface area contributed by atoms with Crippen LogP contribution in [0.1, 0.15) is 5.56 Å². The van der Waals surface area contributed by atoms with Crippen LogP contribution in [-0.2, 0) is 5.72 Å². The van der Waals surface area contributed by atoms with Gasteiger partial charge in [0.25, 0.3) is 0 Å². The summed E-state index contributed by atoms with van der Waals surface area (Å²) in [6, 6.07) is 7.75. The quantitative estimate of drug-likeness (QED) is 0.456. The fourth-order valence-electron chi connectivity index (χ4n) is 1.06. The third-order valence-corrected chi connectivity index (χ3v) is 2.00. The number of hydrogen-bond donors (Lipinski definition) is 4. The number of benzene rings is 1. The van der Waals surface area contributed by atoms with Crippen molar-refractivity contribution < 1.29 is 10.2 Å². The third kappa shape index (κ3) is 2.05. The van der Waals surface area contributed by atoms with E-state index in [1.165, 1.54) is 0 Å². The lowest BCUT2D eigenvalue weighted by Crippen LogP contribution is -2.54. The lowest BCUT2D eigenvalue weighted by molar-refractivity contribution is -0.00278. The van der Waals surface area contributed by atoms with E-state index in [9.17, 15) is 5.11 Å². The van der Waals surface area contributed by atoms with Gasteiger partial charge in [0.1, 0.15) is 0 Å². The molecule has 0 aromatic heterocycles. The molecule has 0 saturated heterocycles. The highest BCUT2D eigenvalue weighted by atomic mass is 16.3. The molecule has 4 nitrogen and oxygen atoms in total. The van der Waals surface area contributed by atoms with Gasteiger partial charge in [0.05, 0.1) is 12.6 Å². The van der Waals surface area contributed by atoms with E-state index in [0.29, 0.717) is 5.56 Å². The normalized spacial score (nSPS) is 17.8. The van der Waals surface area contributed by atoms with E-state index in [0.717, 1.165) is 0 Å². The summed E-state index contributed by atoms with van der Waals surface area (Å²) in [6.07, 6.45) is 0. The zero-order valence-electron chi connectivity index (χ0n) is 7.22. The van der Waals surface area contributed by atoms with Crippen molar-refractivity contribution >= 4 is 0 Å². The maximum atomic E-state index is 9.75. The van der Waals surface area contributed by atoms with Crippen molar-refractivity contribution in [2.45, 2.75) is 11.8 Å². The van der Waals surface area contributed by atoms with Crippen molar-refractivity contribution in [2.24, 2.45) is 11.5 Å². The molecule has 2 atom stereocenters. The predicted molar refractivity (Wildman–Crippen MR) is 49.6 cm³/mol. The third-order valence-electron chi connectivity index (χ3n) is 2.00. The molecular formula is C9H14N2O2. The van der Waals surface area contributed by atoms with Crippen molar-refractivity contribution in [1.82, 2.24) is 0 Å². The number of aliphatic hydroxyl groups excluding tert-OH is 1. The number of rotatable bonds is 3. The van der Waals surface area contributed by atoms with Crippen LogP contribution in [0.15, 0.2) is 30.3 Å². The van der Waals surface area contributed by atoms with Gasteiger partial charge >= 0.3 is 0 Å². The molecule has 0 heterocycles. The second-order valence-corrected chi connectivity index (χ2v) is 2.98. The summed E-state index contributed by atoms with van der Waals surface area (Å²) in [6.45, 7) is -0.359. The van der Waals surface area contributed by atoms with E-state index in [1.807, 2.05) is 6.07 Å². The summed E-state index contributed by atoms with van der Waals surface area (Å²) >= 11 is 0. The van der Waals surface area contributed by atoms with E-state index in [4.69, 9.17) is 16.6 Å². The summed E-state index contributed by atoms with van der Waals surface area (Å²) in [5.74, 6) is 0. The van der Waals surface area contributed by atoms with E-state index >= 15 is 0 Å². The summed E-state index contributed by atoms with van der Waals surface area (Å²) in [5.41, 5.74) is 9.85. The van der Waals surface area contributed by atoms with Crippen molar-refractivity contribution in [3.05, 3.63) is 35.9 Å². The second kappa shape index (κ2) is 3.85. The van der Waals surface area contributed by atoms with Crippen molar-refractivity contribution in [3.8, 4) is 0 Å². The molecule has 4 heteroatoms. The molecule has 0 fully saturated rings. The minimum atomic E-state index is -1.67. The fraction of sp³-hybridized carbons (Fsp3) is 0.333. The highest BCUT2D eigenvalue weighted by Crippen LogP contribution is 2.17. The monoisotopic (exact) mass is 182 g/mol. The summed E-state index contributed by atoms with van der Waals surface area (Å²) in [4.78, 5) is 0. The van der Waals surface area contributed by atoms with Crippen LogP contribution in [0.4, 0.5) is 0 Å². The first-order valence-corrected chi connectivity index (χ1v) is 4.02. The Morgan fingerprint density at radius 2 is 1.85 bits per heavy atom. The number of aliphatic hydroxyl groups is 2. The molecule has 0 bridgehead atoms. The van der Waals surface area contributed by atoms with E-state index in [2.05, 4.69) is 0 Å². The Morgan fingerprint density at radius 3 is 2.31 bits per heavy atom. The minimum Gasteiger partial charge on any atom is -0.395 e. The number of hydrogen-bond acceptors (Lipinski definition) is 4. The first-order valence-electron chi connectivity index (χ1n) is 4.02. The van der Waals surface area contributed by atoms with Crippen LogP contribution in [0.3, 0.4) is 0 Å². The van der Waals surface area contributed by atoms with E-state index in [-0.39, 0.29) is 6.61 Å². The number of nitrogens with two attached hydrogens (primary N) is 2. The predicted octanol–water partition coefficient (Wildman–Crippen LogP) is -0.890. The van der Waals surface area contributed by atoms with E-state index in [1.54, 1.807) is 24.3 Å². The standard InChI is InChI=1S/C9H14N2O2/c10-8(6-12)9(11,13)7-4-2-1-3-5-7/h1-5,8,12-13H,6,10-11H2. The molecule has 0 aliphatic carbocycles. The van der Waals surface area contributed by atoms with Gasteiger partial charge in [-0.3, -0.25) is 5.73 Å². The van der Waals surface area contributed by atoms with Crippen LogP contribution in [0.25, 0.3) is 0 Å². The van der Waals surface area contributed by atoms with Crippen molar-refractivity contribution in [2.75, 3.05) is 6.61 Å². The van der Waals surface area contributed by atoms with Crippen LogP contribution in [0.5, 0.6) is 0 Å². The van der Waals surface area contributed by atoms with Crippen LogP contribution >= 0.6 is 0 Å². The molecule has 2 unspecified atom stereocenters. The van der Waals surface area contributed by atoms with Gasteiger partial charge in [0.2, 0.25) is 0 Å². The molecule has 1 aromatic carbocycles. The van der Waals surface area contributed by atoms with Gasteiger partial charge < -0.3 is 15.9 Å². The van der Waals surface area contributed by atoms with Crippen LogP contribution < -0.4 is 11.5 Å². The Hall–Kier alpha value is -0.940. The van der Waals surface area contributed by atoms with Gasteiger partial charge in [-0.15, -0.1) is 0 Å². The van der Waals surface area contributed by atoms with E-state index < -0.39 is 11.8 Å². The molecule has 0 saturated carbocycles. The maximum absolute atomic E-state index is 9.75. The van der Waals surface area contributed by atoms with Crippen LogP contribution in [0.2, 0.25) is 0 Å². The van der Waals surface area contributed by atoms with Gasteiger partial charge in [0, 0.05) is 0 Å². The summed E-state index contributed by atoms with van der Waals surface area (Å²) in [7, 11) is 0. The average molecular weight is 182 g/mol. The Bertz CT molecular complexity index is 262. The summed E-state index contributed by atoms with van der Waals surface area (Å²) < 4.78 is 0. The van der Waals surface area contributed by atoms with Gasteiger partial charge in [-0.05, 0) is 5.56 Å². The van der Waals surface area contributed by atoms with Gasteiger partial charge in [-0.1, -0.05) is 30.3 Å². The highest BCUT2D eigenvalue weighted by molar-refractivity contribution is 5.22. The minimum absolute atomic E-state index is 0.359. The highest BCUT2D eigenvalue weighted by Gasteiger charge is 2.30. The second-order valence-electron chi connectivity index (χ2n) is 2.98. The first kappa shape index (κ1) is 10.1. The SMILES string of the molecule is NC(CO)C(N)(O)c1ccccc1. The molecule has 13 heavy (non-hydrogen) atoms. The zero-order chi connectivity index (χ0) is 9.90. The largest absolute Gasteiger partial charge is 0.395 e. The van der Waals surface area contributed by atoms with Crippen molar-refractivity contribution in [3.63, 3.8) is 0 Å². The maximum Gasteiger partial charge on any atom is 0.157 e. The zero-order valence-corrected chi connectivity index (χ0v) is 7.22.